The predicted molar refractivity (Wildman–Crippen MR) is 71.0 cm³/mol. The van der Waals surface area contributed by atoms with Crippen LogP contribution >= 0.6 is 0 Å². The summed E-state index contributed by atoms with van der Waals surface area (Å²) in [5.74, 6) is 0.681. The molecule has 7 nitrogen and oxygen atoms in total. The standard InChI is InChI=1S/C12H18N2O5/c1-4-8(7-15)13-9-5-11(18-2)12(19-3)6-10(9)14(16)17/h5-6,8,13,15H,4,7H2,1-3H3/t8-/m0/s1. The maximum Gasteiger partial charge on any atom is 0.296 e. The maximum atomic E-state index is 11.1. The molecule has 0 aromatic heterocycles. The van der Waals surface area contributed by atoms with Gasteiger partial charge in [0.15, 0.2) is 11.5 Å². The Morgan fingerprint density at radius 1 is 1.37 bits per heavy atom. The fourth-order valence-electron chi connectivity index (χ4n) is 1.63. The van der Waals surface area contributed by atoms with E-state index in [1.807, 2.05) is 6.92 Å². The van der Waals surface area contributed by atoms with Crippen LogP contribution in [0.5, 0.6) is 11.5 Å². The van der Waals surface area contributed by atoms with E-state index in [2.05, 4.69) is 5.32 Å². The molecule has 1 atom stereocenters. The summed E-state index contributed by atoms with van der Waals surface area (Å²) in [6.07, 6.45) is 0.641. The molecular formula is C12H18N2O5. The largest absolute Gasteiger partial charge is 0.493 e. The average molecular weight is 270 g/mol. The zero-order valence-electron chi connectivity index (χ0n) is 11.2. The van der Waals surface area contributed by atoms with E-state index in [1.165, 1.54) is 26.4 Å². The van der Waals surface area contributed by atoms with Crippen molar-refractivity contribution in [2.45, 2.75) is 19.4 Å². The Kier molecular flexibility index (Phi) is 5.37. The number of nitro benzene ring substituents is 1. The molecule has 0 heterocycles. The number of nitrogens with zero attached hydrogens (tertiary/aromatic N) is 1. The van der Waals surface area contributed by atoms with Crippen molar-refractivity contribution in [1.82, 2.24) is 0 Å². The first-order valence-corrected chi connectivity index (χ1v) is 5.85. The Morgan fingerprint density at radius 3 is 2.37 bits per heavy atom. The third-order valence-corrected chi connectivity index (χ3v) is 2.77. The number of hydrogen-bond donors (Lipinski definition) is 2. The molecule has 0 aliphatic heterocycles. The molecule has 0 fully saturated rings. The minimum atomic E-state index is -0.506. The Morgan fingerprint density at radius 2 is 1.95 bits per heavy atom. The molecule has 0 bridgehead atoms. The number of nitro groups is 1. The van der Waals surface area contributed by atoms with Crippen LogP contribution in [0.1, 0.15) is 13.3 Å². The molecule has 1 aromatic carbocycles. The SMILES string of the molecule is CC[C@@H](CO)Nc1cc(OC)c(OC)cc1[N+](=O)[O-]. The molecule has 0 saturated heterocycles. The minimum Gasteiger partial charge on any atom is -0.493 e. The normalized spacial score (nSPS) is 11.8. The number of hydrogen-bond acceptors (Lipinski definition) is 6. The van der Waals surface area contributed by atoms with Crippen molar-refractivity contribution in [2.75, 3.05) is 26.1 Å². The van der Waals surface area contributed by atoms with E-state index in [0.717, 1.165) is 0 Å². The highest BCUT2D eigenvalue weighted by molar-refractivity contribution is 5.68. The molecular weight excluding hydrogens is 252 g/mol. The molecule has 0 saturated carbocycles. The molecule has 1 aromatic rings. The van der Waals surface area contributed by atoms with Crippen LogP contribution in [0.25, 0.3) is 0 Å². The summed E-state index contributed by atoms with van der Waals surface area (Å²) >= 11 is 0. The van der Waals surface area contributed by atoms with E-state index in [0.29, 0.717) is 17.9 Å². The van der Waals surface area contributed by atoms with Crippen molar-refractivity contribution in [2.24, 2.45) is 0 Å². The second-order valence-corrected chi connectivity index (χ2v) is 3.91. The van der Waals surface area contributed by atoms with Gasteiger partial charge in [-0.2, -0.15) is 0 Å². The van der Waals surface area contributed by atoms with Crippen molar-refractivity contribution < 1.29 is 19.5 Å². The number of anilines is 1. The monoisotopic (exact) mass is 270 g/mol. The lowest BCUT2D eigenvalue weighted by atomic mass is 10.2. The van der Waals surface area contributed by atoms with E-state index in [1.54, 1.807) is 0 Å². The first-order chi connectivity index (χ1) is 9.07. The lowest BCUT2D eigenvalue weighted by Crippen LogP contribution is -2.23. The molecule has 0 amide bonds. The summed E-state index contributed by atoms with van der Waals surface area (Å²) in [6.45, 7) is 1.77. The molecule has 0 spiro atoms. The topological polar surface area (TPSA) is 93.9 Å². The van der Waals surface area contributed by atoms with E-state index < -0.39 is 4.92 Å². The third kappa shape index (κ3) is 3.47. The Hall–Kier alpha value is -2.02. The second kappa shape index (κ2) is 6.79. The Balaban J connectivity index is 3.23. The molecule has 19 heavy (non-hydrogen) atoms. The summed E-state index contributed by atoms with van der Waals surface area (Å²) < 4.78 is 10.1. The molecule has 0 aliphatic carbocycles. The molecule has 106 valence electrons. The number of methoxy groups -OCH3 is 2. The number of aliphatic hydroxyl groups is 1. The van der Waals surface area contributed by atoms with Gasteiger partial charge in [0.2, 0.25) is 0 Å². The van der Waals surface area contributed by atoms with Crippen LogP contribution in [0.2, 0.25) is 0 Å². The highest BCUT2D eigenvalue weighted by Gasteiger charge is 2.21. The quantitative estimate of drug-likeness (QED) is 0.579. The van der Waals surface area contributed by atoms with Crippen LogP contribution in [0.15, 0.2) is 12.1 Å². The van der Waals surface area contributed by atoms with Gasteiger partial charge in [-0.3, -0.25) is 10.1 Å². The average Bonchev–Trinajstić information content (AvgIpc) is 2.43. The molecule has 0 aliphatic rings. The highest BCUT2D eigenvalue weighted by Crippen LogP contribution is 2.37. The third-order valence-electron chi connectivity index (χ3n) is 2.77. The predicted octanol–water partition coefficient (Wildman–Crippen LogP) is 1.79. The number of rotatable bonds is 7. The Labute approximate surface area is 111 Å². The number of aliphatic hydroxyl groups excluding tert-OH is 1. The van der Waals surface area contributed by atoms with Crippen LogP contribution < -0.4 is 14.8 Å². The fraction of sp³-hybridized carbons (Fsp3) is 0.500. The van der Waals surface area contributed by atoms with Crippen LogP contribution in [0, 0.1) is 10.1 Å². The van der Waals surface area contributed by atoms with Crippen molar-refractivity contribution in [3.8, 4) is 11.5 Å². The zero-order valence-corrected chi connectivity index (χ0v) is 11.2. The van der Waals surface area contributed by atoms with Gasteiger partial charge in [-0.1, -0.05) is 6.92 Å². The van der Waals surface area contributed by atoms with Gasteiger partial charge < -0.3 is 19.9 Å². The molecule has 2 N–H and O–H groups in total. The van der Waals surface area contributed by atoms with Crippen molar-refractivity contribution in [3.05, 3.63) is 22.2 Å². The van der Waals surface area contributed by atoms with E-state index >= 15 is 0 Å². The minimum absolute atomic E-state index is 0.109. The van der Waals surface area contributed by atoms with E-state index in [4.69, 9.17) is 14.6 Å². The summed E-state index contributed by atoms with van der Waals surface area (Å²) in [5.41, 5.74) is 0.174. The van der Waals surface area contributed by atoms with Crippen molar-refractivity contribution in [3.63, 3.8) is 0 Å². The van der Waals surface area contributed by atoms with Gasteiger partial charge in [0.25, 0.3) is 5.69 Å². The first kappa shape index (κ1) is 15.0. The molecule has 1 rings (SSSR count). The van der Waals surface area contributed by atoms with Crippen LogP contribution in [-0.4, -0.2) is 36.9 Å². The van der Waals surface area contributed by atoms with Gasteiger partial charge in [-0.15, -0.1) is 0 Å². The summed E-state index contributed by atoms with van der Waals surface area (Å²) in [6, 6.07) is 2.54. The van der Waals surface area contributed by atoms with Gasteiger partial charge in [0.05, 0.1) is 31.8 Å². The summed E-state index contributed by atoms with van der Waals surface area (Å²) in [4.78, 5) is 10.5. The number of benzene rings is 1. The smallest absolute Gasteiger partial charge is 0.296 e. The number of ether oxygens (including phenoxy) is 2. The van der Waals surface area contributed by atoms with E-state index in [-0.39, 0.29) is 24.1 Å². The van der Waals surface area contributed by atoms with Crippen LogP contribution in [0.4, 0.5) is 11.4 Å². The summed E-state index contributed by atoms with van der Waals surface area (Å²) in [5, 5.41) is 23.1. The lowest BCUT2D eigenvalue weighted by molar-refractivity contribution is -0.384. The van der Waals surface area contributed by atoms with Crippen LogP contribution in [0.3, 0.4) is 0 Å². The van der Waals surface area contributed by atoms with Gasteiger partial charge in [0, 0.05) is 12.1 Å². The van der Waals surface area contributed by atoms with Gasteiger partial charge in [0.1, 0.15) is 5.69 Å². The van der Waals surface area contributed by atoms with Gasteiger partial charge >= 0.3 is 0 Å². The van der Waals surface area contributed by atoms with Crippen molar-refractivity contribution in [1.29, 1.82) is 0 Å². The molecule has 0 radical (unpaired) electrons. The Bertz CT molecular complexity index is 446. The molecule has 7 heteroatoms. The zero-order chi connectivity index (χ0) is 14.4. The molecule has 0 unspecified atom stereocenters. The van der Waals surface area contributed by atoms with Crippen molar-refractivity contribution >= 4 is 11.4 Å². The van der Waals surface area contributed by atoms with Gasteiger partial charge in [-0.05, 0) is 6.42 Å². The fourth-order valence-corrected chi connectivity index (χ4v) is 1.63. The van der Waals surface area contributed by atoms with Gasteiger partial charge in [-0.25, -0.2) is 0 Å². The highest BCUT2D eigenvalue weighted by atomic mass is 16.6. The first-order valence-electron chi connectivity index (χ1n) is 5.85. The van der Waals surface area contributed by atoms with E-state index in [9.17, 15) is 10.1 Å². The lowest BCUT2D eigenvalue weighted by Gasteiger charge is -2.17. The second-order valence-electron chi connectivity index (χ2n) is 3.91. The van der Waals surface area contributed by atoms with Crippen LogP contribution in [-0.2, 0) is 0 Å². The number of nitrogens with one attached hydrogen (secondary N) is 1. The maximum absolute atomic E-state index is 11.1. The summed E-state index contributed by atoms with van der Waals surface area (Å²) in [7, 11) is 2.87.